The van der Waals surface area contributed by atoms with Crippen LogP contribution in [0.3, 0.4) is 0 Å². The van der Waals surface area contributed by atoms with Crippen LogP contribution in [0.15, 0.2) is 16.8 Å². The van der Waals surface area contributed by atoms with Crippen molar-refractivity contribution in [1.29, 1.82) is 0 Å². The summed E-state index contributed by atoms with van der Waals surface area (Å²) in [6, 6.07) is 0. The summed E-state index contributed by atoms with van der Waals surface area (Å²) in [6.07, 6.45) is 1.68. The van der Waals surface area contributed by atoms with E-state index in [4.69, 9.17) is 0 Å². The van der Waals surface area contributed by atoms with Gasteiger partial charge in [-0.1, -0.05) is 0 Å². The van der Waals surface area contributed by atoms with Crippen LogP contribution in [-0.4, -0.2) is 30.9 Å². The molecule has 0 fully saturated rings. The molecule has 0 N–H and O–H groups in total. The zero-order chi connectivity index (χ0) is 9.84. The molecule has 0 bridgehead atoms. The summed E-state index contributed by atoms with van der Waals surface area (Å²) in [4.78, 5) is 35.7. The first-order valence-corrected chi connectivity index (χ1v) is 3.54. The predicted molar refractivity (Wildman–Crippen MR) is 43.2 cm³/mol. The zero-order valence-corrected chi connectivity index (χ0v) is 6.94. The van der Waals surface area contributed by atoms with Crippen LogP contribution in [0.4, 0.5) is 0 Å². The Morgan fingerprint density at radius 2 is 2.38 bits per heavy atom. The number of carbonyl (C=O) groups excluding carboxylic acids is 3. The van der Waals surface area contributed by atoms with E-state index in [2.05, 4.69) is 9.73 Å². The molecule has 0 aromatic heterocycles. The average Bonchev–Trinajstić information content (AvgIpc) is 2.17. The highest BCUT2D eigenvalue weighted by Crippen LogP contribution is 2.08. The number of ketones is 1. The van der Waals surface area contributed by atoms with Gasteiger partial charge in [0, 0.05) is 6.42 Å². The first kappa shape index (κ1) is 9.31. The van der Waals surface area contributed by atoms with Gasteiger partial charge in [-0.05, 0) is 6.08 Å². The van der Waals surface area contributed by atoms with E-state index in [1.165, 1.54) is 13.2 Å². The molecule has 0 radical (unpaired) electrons. The lowest BCUT2D eigenvalue weighted by molar-refractivity contribution is -0.136. The van der Waals surface area contributed by atoms with Gasteiger partial charge in [-0.2, -0.15) is 0 Å². The van der Waals surface area contributed by atoms with Crippen LogP contribution in [-0.2, 0) is 19.1 Å². The van der Waals surface area contributed by atoms with Crippen LogP contribution >= 0.6 is 0 Å². The molecule has 0 atom stereocenters. The van der Waals surface area contributed by atoms with Crippen LogP contribution < -0.4 is 0 Å². The Kier molecular flexibility index (Phi) is 2.69. The highest BCUT2D eigenvalue weighted by Gasteiger charge is 2.19. The number of methoxy groups -OCH3 is 1. The second kappa shape index (κ2) is 3.75. The minimum absolute atomic E-state index is 0.00389. The van der Waals surface area contributed by atoms with Crippen molar-refractivity contribution in [3.63, 3.8) is 0 Å². The Morgan fingerprint density at radius 3 is 2.92 bits per heavy atom. The summed E-state index contributed by atoms with van der Waals surface area (Å²) < 4.78 is 4.38. The first-order chi connectivity index (χ1) is 6.19. The van der Waals surface area contributed by atoms with Gasteiger partial charge in [0.25, 0.3) is 0 Å². The molecule has 5 heteroatoms. The van der Waals surface area contributed by atoms with Gasteiger partial charge in [0.1, 0.15) is 11.4 Å². The molecule has 1 aliphatic rings. The van der Waals surface area contributed by atoms with Crippen LogP contribution in [0.2, 0.25) is 0 Å². The topological polar surface area (TPSA) is 72.8 Å². The molecule has 1 rings (SSSR count). The molecule has 0 spiro atoms. The molecule has 5 nitrogen and oxygen atoms in total. The lowest BCUT2D eigenvalue weighted by Gasteiger charge is -2.05. The zero-order valence-electron chi connectivity index (χ0n) is 6.94. The number of ether oxygens (including phenoxy) is 1. The normalized spacial score (nSPS) is 15.9. The number of rotatable bonds is 2. The lowest BCUT2D eigenvalue weighted by atomic mass is 10.1. The van der Waals surface area contributed by atoms with E-state index in [0.29, 0.717) is 6.29 Å². The van der Waals surface area contributed by atoms with Gasteiger partial charge in [-0.25, -0.2) is 9.79 Å². The Labute approximate surface area is 74.1 Å². The number of nitrogens with zero attached hydrogens (tertiary/aromatic N) is 1. The molecule has 0 aliphatic carbocycles. The molecule has 0 amide bonds. The third-order valence-corrected chi connectivity index (χ3v) is 1.51. The molecule has 68 valence electrons. The maximum atomic E-state index is 10.9. The molecular weight excluding hydrogens is 174 g/mol. The predicted octanol–water partition coefficient (Wildman–Crippen LogP) is -0.344. The van der Waals surface area contributed by atoms with Crippen molar-refractivity contribution >= 4 is 23.8 Å². The van der Waals surface area contributed by atoms with Crippen LogP contribution in [0.5, 0.6) is 0 Å². The SMILES string of the molecule is COC(=O)C1=CCC(=O)C(C=O)=N1. The van der Waals surface area contributed by atoms with E-state index in [1.54, 1.807) is 0 Å². The number of allylic oxidation sites excluding steroid dienone is 1. The first-order valence-electron chi connectivity index (χ1n) is 3.54. The molecule has 0 saturated heterocycles. The molecule has 0 saturated carbocycles. The highest BCUT2D eigenvalue weighted by atomic mass is 16.5. The van der Waals surface area contributed by atoms with Gasteiger partial charge in [-0.3, -0.25) is 9.59 Å². The summed E-state index contributed by atoms with van der Waals surface area (Å²) in [7, 11) is 1.20. The Bertz CT molecular complexity index is 327. The number of aliphatic imine (C=N–C) groups is 1. The number of aldehydes is 1. The largest absolute Gasteiger partial charge is 0.464 e. The van der Waals surface area contributed by atoms with Gasteiger partial charge in [0.05, 0.1) is 7.11 Å². The average molecular weight is 181 g/mol. The van der Waals surface area contributed by atoms with Crippen LogP contribution in [0.1, 0.15) is 6.42 Å². The Hall–Kier alpha value is -1.78. The molecular formula is C8H7NO4. The van der Waals surface area contributed by atoms with E-state index in [1.807, 2.05) is 0 Å². The maximum absolute atomic E-state index is 10.9. The molecule has 0 aromatic rings. The van der Waals surface area contributed by atoms with E-state index >= 15 is 0 Å². The van der Waals surface area contributed by atoms with Gasteiger partial charge in [0.15, 0.2) is 12.1 Å². The summed E-state index contributed by atoms with van der Waals surface area (Å²) >= 11 is 0. The standard InChI is InChI=1S/C8H7NO4/c1-13-8(12)5-2-3-7(11)6(4-10)9-5/h2,4H,3H2,1H3. The van der Waals surface area contributed by atoms with Crippen molar-refractivity contribution in [3.8, 4) is 0 Å². The van der Waals surface area contributed by atoms with Crippen molar-refractivity contribution in [3.05, 3.63) is 11.8 Å². The van der Waals surface area contributed by atoms with Crippen LogP contribution in [0, 0.1) is 0 Å². The fourth-order valence-corrected chi connectivity index (χ4v) is 0.857. The van der Waals surface area contributed by atoms with Gasteiger partial charge in [-0.15, -0.1) is 0 Å². The van der Waals surface area contributed by atoms with E-state index in [0.717, 1.165) is 0 Å². The summed E-state index contributed by atoms with van der Waals surface area (Å²) in [5, 5.41) is 0. The van der Waals surface area contributed by atoms with E-state index < -0.39 is 5.97 Å². The second-order valence-corrected chi connectivity index (χ2v) is 2.32. The molecule has 0 unspecified atom stereocenters. The van der Waals surface area contributed by atoms with Gasteiger partial charge < -0.3 is 4.74 Å². The molecule has 1 heterocycles. The minimum atomic E-state index is -0.646. The fraction of sp³-hybridized carbons (Fsp3) is 0.250. The fourth-order valence-electron chi connectivity index (χ4n) is 0.857. The number of Topliss-reactive ketones (excluding diaryl/α,β-unsaturated/α-hetero) is 1. The molecule has 1 aliphatic heterocycles. The summed E-state index contributed by atoms with van der Waals surface area (Å²) in [6.45, 7) is 0. The summed E-state index contributed by atoms with van der Waals surface area (Å²) in [5.74, 6) is -1.03. The van der Waals surface area contributed by atoms with Crippen molar-refractivity contribution in [2.45, 2.75) is 6.42 Å². The Morgan fingerprint density at radius 1 is 1.69 bits per heavy atom. The quantitative estimate of drug-likeness (QED) is 0.431. The maximum Gasteiger partial charge on any atom is 0.356 e. The van der Waals surface area contributed by atoms with Crippen molar-refractivity contribution in [1.82, 2.24) is 0 Å². The van der Waals surface area contributed by atoms with Crippen molar-refractivity contribution < 1.29 is 19.1 Å². The number of hydrogen-bond donors (Lipinski definition) is 0. The van der Waals surface area contributed by atoms with E-state index in [-0.39, 0.29) is 23.6 Å². The van der Waals surface area contributed by atoms with E-state index in [9.17, 15) is 14.4 Å². The highest BCUT2D eigenvalue weighted by molar-refractivity contribution is 6.61. The summed E-state index contributed by atoms with van der Waals surface area (Å²) in [5.41, 5.74) is -0.230. The van der Waals surface area contributed by atoms with Gasteiger partial charge in [0.2, 0.25) is 0 Å². The smallest absolute Gasteiger partial charge is 0.356 e. The third kappa shape index (κ3) is 1.87. The lowest BCUT2D eigenvalue weighted by Crippen LogP contribution is -2.20. The Balaban J connectivity index is 2.93. The molecule has 0 aromatic carbocycles. The number of hydrogen-bond acceptors (Lipinski definition) is 5. The molecule has 13 heavy (non-hydrogen) atoms. The second-order valence-electron chi connectivity index (χ2n) is 2.32. The van der Waals surface area contributed by atoms with Gasteiger partial charge >= 0.3 is 5.97 Å². The monoisotopic (exact) mass is 181 g/mol. The minimum Gasteiger partial charge on any atom is -0.464 e. The van der Waals surface area contributed by atoms with Crippen molar-refractivity contribution in [2.24, 2.45) is 4.99 Å². The third-order valence-electron chi connectivity index (χ3n) is 1.51. The van der Waals surface area contributed by atoms with Crippen molar-refractivity contribution in [2.75, 3.05) is 7.11 Å². The number of esters is 1. The van der Waals surface area contributed by atoms with Crippen LogP contribution in [0.25, 0.3) is 0 Å². The number of carbonyl (C=O) groups is 3.